The third-order valence-electron chi connectivity index (χ3n) is 3.22. The van der Waals surface area contributed by atoms with Crippen molar-refractivity contribution in [3.05, 3.63) is 39.9 Å². The van der Waals surface area contributed by atoms with Gasteiger partial charge < -0.3 is 15.2 Å². The van der Waals surface area contributed by atoms with Crippen molar-refractivity contribution in [3.8, 4) is 0 Å². The monoisotopic (exact) mass is 280 g/mol. The van der Waals surface area contributed by atoms with Gasteiger partial charge in [0.15, 0.2) is 0 Å². The first-order valence-corrected chi connectivity index (χ1v) is 6.85. The molecule has 0 spiro atoms. The molecule has 1 saturated carbocycles. The van der Waals surface area contributed by atoms with Crippen molar-refractivity contribution in [3.63, 3.8) is 0 Å². The molecule has 1 unspecified atom stereocenters. The van der Waals surface area contributed by atoms with Crippen molar-refractivity contribution in [2.24, 2.45) is 5.92 Å². The minimum absolute atomic E-state index is 0.0854. The van der Waals surface area contributed by atoms with Gasteiger partial charge in [0, 0.05) is 31.8 Å². The Morgan fingerprint density at radius 1 is 1.40 bits per heavy atom. The SMILES string of the molecule is O=[N+]([O-])c1ccc(CNCC(O)COCC2CC2)cc1. The van der Waals surface area contributed by atoms with Crippen LogP contribution in [0.2, 0.25) is 0 Å². The van der Waals surface area contributed by atoms with E-state index in [1.807, 2.05) is 0 Å². The van der Waals surface area contributed by atoms with Crippen LogP contribution in [-0.2, 0) is 11.3 Å². The lowest BCUT2D eigenvalue weighted by Gasteiger charge is -2.12. The van der Waals surface area contributed by atoms with Gasteiger partial charge in [-0.3, -0.25) is 10.1 Å². The van der Waals surface area contributed by atoms with E-state index >= 15 is 0 Å². The quantitative estimate of drug-likeness (QED) is 0.528. The van der Waals surface area contributed by atoms with Crippen LogP contribution in [0.15, 0.2) is 24.3 Å². The fourth-order valence-electron chi connectivity index (χ4n) is 1.83. The van der Waals surface area contributed by atoms with Crippen LogP contribution in [0.4, 0.5) is 5.69 Å². The zero-order valence-electron chi connectivity index (χ0n) is 11.3. The highest BCUT2D eigenvalue weighted by Gasteiger charge is 2.21. The Labute approximate surface area is 117 Å². The first-order chi connectivity index (χ1) is 9.65. The van der Waals surface area contributed by atoms with Gasteiger partial charge in [-0.25, -0.2) is 0 Å². The number of nitro groups is 1. The predicted molar refractivity (Wildman–Crippen MR) is 74.4 cm³/mol. The van der Waals surface area contributed by atoms with Gasteiger partial charge in [0.2, 0.25) is 0 Å². The highest BCUT2D eigenvalue weighted by atomic mass is 16.6. The molecule has 20 heavy (non-hydrogen) atoms. The summed E-state index contributed by atoms with van der Waals surface area (Å²) in [6.45, 7) is 2.11. The Morgan fingerprint density at radius 2 is 2.10 bits per heavy atom. The maximum Gasteiger partial charge on any atom is 0.269 e. The summed E-state index contributed by atoms with van der Waals surface area (Å²) in [5, 5.41) is 23.3. The predicted octanol–water partition coefficient (Wildman–Crippen LogP) is 1.47. The van der Waals surface area contributed by atoms with Crippen molar-refractivity contribution in [2.75, 3.05) is 19.8 Å². The molecule has 1 aromatic carbocycles. The van der Waals surface area contributed by atoms with Gasteiger partial charge in [0.05, 0.1) is 17.6 Å². The van der Waals surface area contributed by atoms with Gasteiger partial charge >= 0.3 is 0 Å². The van der Waals surface area contributed by atoms with E-state index in [2.05, 4.69) is 5.32 Å². The van der Waals surface area contributed by atoms with Gasteiger partial charge in [-0.15, -0.1) is 0 Å². The lowest BCUT2D eigenvalue weighted by atomic mass is 10.2. The van der Waals surface area contributed by atoms with Crippen molar-refractivity contribution >= 4 is 5.69 Å². The normalized spacial score (nSPS) is 16.1. The minimum Gasteiger partial charge on any atom is -0.389 e. The van der Waals surface area contributed by atoms with Crippen LogP contribution in [0.3, 0.4) is 0 Å². The molecule has 1 aliphatic rings. The molecular formula is C14H20N2O4. The molecule has 1 aromatic rings. The zero-order valence-corrected chi connectivity index (χ0v) is 11.3. The summed E-state index contributed by atoms with van der Waals surface area (Å²) in [7, 11) is 0. The Hall–Kier alpha value is -1.50. The molecule has 2 N–H and O–H groups in total. The fraction of sp³-hybridized carbons (Fsp3) is 0.571. The molecule has 1 aliphatic carbocycles. The lowest BCUT2D eigenvalue weighted by molar-refractivity contribution is -0.384. The molecule has 0 amide bonds. The molecule has 0 heterocycles. The molecule has 6 heteroatoms. The van der Waals surface area contributed by atoms with E-state index in [4.69, 9.17) is 4.74 Å². The number of rotatable bonds is 9. The summed E-state index contributed by atoms with van der Waals surface area (Å²) >= 11 is 0. The van der Waals surface area contributed by atoms with E-state index < -0.39 is 11.0 Å². The molecule has 0 aliphatic heterocycles. The van der Waals surface area contributed by atoms with Crippen LogP contribution in [0.1, 0.15) is 18.4 Å². The summed E-state index contributed by atoms with van der Waals surface area (Å²) in [6.07, 6.45) is 1.97. The molecule has 0 saturated heterocycles. The molecule has 0 radical (unpaired) electrons. The minimum atomic E-state index is -0.521. The first kappa shape index (κ1) is 14.9. The average molecular weight is 280 g/mol. The zero-order chi connectivity index (χ0) is 14.4. The van der Waals surface area contributed by atoms with E-state index in [1.165, 1.54) is 25.0 Å². The number of hydrogen-bond acceptors (Lipinski definition) is 5. The van der Waals surface area contributed by atoms with E-state index in [-0.39, 0.29) is 5.69 Å². The number of nitrogens with one attached hydrogen (secondary N) is 1. The maximum absolute atomic E-state index is 10.5. The van der Waals surface area contributed by atoms with Crippen LogP contribution in [0.25, 0.3) is 0 Å². The molecule has 0 bridgehead atoms. The van der Waals surface area contributed by atoms with Gasteiger partial charge in [0.25, 0.3) is 5.69 Å². The van der Waals surface area contributed by atoms with Crippen molar-refractivity contribution in [2.45, 2.75) is 25.5 Å². The highest BCUT2D eigenvalue weighted by Crippen LogP contribution is 2.28. The first-order valence-electron chi connectivity index (χ1n) is 6.85. The van der Waals surface area contributed by atoms with Crippen LogP contribution in [0.5, 0.6) is 0 Å². The number of aliphatic hydroxyl groups is 1. The fourth-order valence-corrected chi connectivity index (χ4v) is 1.83. The summed E-state index contributed by atoms with van der Waals surface area (Å²) in [5.41, 5.74) is 1.03. The van der Waals surface area contributed by atoms with Gasteiger partial charge in [0.1, 0.15) is 0 Å². The van der Waals surface area contributed by atoms with Gasteiger partial charge in [-0.2, -0.15) is 0 Å². The van der Waals surface area contributed by atoms with Crippen LogP contribution in [-0.4, -0.2) is 35.9 Å². The Bertz CT molecular complexity index is 431. The van der Waals surface area contributed by atoms with Crippen molar-refractivity contribution in [1.29, 1.82) is 0 Å². The topological polar surface area (TPSA) is 84.6 Å². The van der Waals surface area contributed by atoms with Crippen LogP contribution in [0, 0.1) is 16.0 Å². The lowest BCUT2D eigenvalue weighted by Crippen LogP contribution is -2.30. The maximum atomic E-state index is 10.5. The average Bonchev–Trinajstić information content (AvgIpc) is 3.23. The van der Waals surface area contributed by atoms with Crippen LogP contribution < -0.4 is 5.32 Å². The Morgan fingerprint density at radius 3 is 2.70 bits per heavy atom. The summed E-state index contributed by atoms with van der Waals surface area (Å²) < 4.78 is 5.40. The third kappa shape index (κ3) is 5.24. The van der Waals surface area contributed by atoms with E-state index in [0.29, 0.717) is 25.6 Å². The van der Waals surface area contributed by atoms with Crippen molar-refractivity contribution < 1.29 is 14.8 Å². The van der Waals surface area contributed by atoms with Gasteiger partial charge in [-0.1, -0.05) is 12.1 Å². The number of aliphatic hydroxyl groups excluding tert-OH is 1. The Kier molecular flexibility index (Phi) is 5.46. The van der Waals surface area contributed by atoms with Gasteiger partial charge in [-0.05, 0) is 24.3 Å². The standard InChI is InChI=1S/C14H20N2O4/c17-14(10-20-9-12-1-2-12)8-15-7-11-3-5-13(6-4-11)16(18)19/h3-6,12,14-15,17H,1-2,7-10H2. The molecular weight excluding hydrogens is 260 g/mol. The summed E-state index contributed by atoms with van der Waals surface area (Å²) in [6, 6.07) is 6.38. The molecule has 1 atom stereocenters. The molecule has 110 valence electrons. The Balaban J connectivity index is 1.60. The third-order valence-corrected chi connectivity index (χ3v) is 3.22. The molecule has 1 fully saturated rings. The van der Waals surface area contributed by atoms with Crippen molar-refractivity contribution in [1.82, 2.24) is 5.32 Å². The number of nitrogens with zero attached hydrogens (tertiary/aromatic N) is 1. The molecule has 2 rings (SSSR count). The summed E-state index contributed by atoms with van der Waals surface area (Å²) in [5.74, 6) is 0.704. The highest BCUT2D eigenvalue weighted by molar-refractivity contribution is 5.32. The van der Waals surface area contributed by atoms with E-state index in [9.17, 15) is 15.2 Å². The number of non-ortho nitro benzene ring substituents is 1. The molecule has 6 nitrogen and oxygen atoms in total. The largest absolute Gasteiger partial charge is 0.389 e. The second-order valence-electron chi connectivity index (χ2n) is 5.19. The number of ether oxygens (including phenoxy) is 1. The second-order valence-corrected chi connectivity index (χ2v) is 5.19. The summed E-state index contributed by atoms with van der Waals surface area (Å²) in [4.78, 5) is 10.1. The number of benzene rings is 1. The van der Waals surface area contributed by atoms with E-state index in [0.717, 1.165) is 12.2 Å². The smallest absolute Gasteiger partial charge is 0.269 e. The van der Waals surface area contributed by atoms with Crippen LogP contribution >= 0.6 is 0 Å². The number of nitro benzene ring substituents is 1. The second kappa shape index (κ2) is 7.33. The number of hydrogen-bond donors (Lipinski definition) is 2. The van der Waals surface area contributed by atoms with E-state index in [1.54, 1.807) is 12.1 Å². The molecule has 0 aromatic heterocycles.